The molecule has 1 fully saturated rings. The van der Waals surface area contributed by atoms with Gasteiger partial charge >= 0.3 is 5.97 Å². The first kappa shape index (κ1) is 12.9. The summed E-state index contributed by atoms with van der Waals surface area (Å²) in [5, 5.41) is 12.2. The average Bonchev–Trinajstić information content (AvgIpc) is 2.38. The van der Waals surface area contributed by atoms with Crippen LogP contribution in [0, 0.1) is 17.7 Å². The number of rotatable bonds is 4. The van der Waals surface area contributed by atoms with E-state index in [2.05, 4.69) is 5.32 Å². The van der Waals surface area contributed by atoms with E-state index in [-0.39, 0.29) is 11.7 Å². The Morgan fingerprint density at radius 1 is 1.22 bits per heavy atom. The van der Waals surface area contributed by atoms with Gasteiger partial charge in [0, 0.05) is 12.2 Å². The van der Waals surface area contributed by atoms with Crippen LogP contribution < -0.4 is 5.32 Å². The van der Waals surface area contributed by atoms with Crippen LogP contribution in [0.25, 0.3) is 0 Å². The second kappa shape index (κ2) is 5.85. The summed E-state index contributed by atoms with van der Waals surface area (Å²) in [7, 11) is 0. The summed E-state index contributed by atoms with van der Waals surface area (Å²) in [6, 6.07) is 6.31. The molecule has 2 rings (SSSR count). The van der Waals surface area contributed by atoms with Crippen molar-refractivity contribution in [1.29, 1.82) is 0 Å². The summed E-state index contributed by atoms with van der Waals surface area (Å²) in [6.07, 6.45) is 3.44. The first-order chi connectivity index (χ1) is 8.65. The molecule has 0 amide bonds. The zero-order valence-corrected chi connectivity index (χ0v) is 10.2. The van der Waals surface area contributed by atoms with Crippen molar-refractivity contribution in [2.75, 3.05) is 11.9 Å². The molecular weight excluding hydrogens is 233 g/mol. The maximum atomic E-state index is 12.7. The lowest BCUT2D eigenvalue weighted by atomic mass is 9.82. The number of anilines is 1. The van der Waals surface area contributed by atoms with Gasteiger partial charge in [0.15, 0.2) is 0 Å². The van der Waals surface area contributed by atoms with Crippen LogP contribution >= 0.6 is 0 Å². The Balaban J connectivity index is 1.75. The largest absolute Gasteiger partial charge is 0.481 e. The monoisotopic (exact) mass is 251 g/mol. The molecule has 3 nitrogen and oxygen atoms in total. The van der Waals surface area contributed by atoms with Gasteiger partial charge in [0.25, 0.3) is 0 Å². The second-order valence-corrected chi connectivity index (χ2v) is 4.94. The highest BCUT2D eigenvalue weighted by molar-refractivity contribution is 5.70. The van der Waals surface area contributed by atoms with Crippen molar-refractivity contribution in [2.24, 2.45) is 11.8 Å². The predicted molar refractivity (Wildman–Crippen MR) is 68.0 cm³/mol. The molecule has 2 N–H and O–H groups in total. The Kier molecular flexibility index (Phi) is 4.18. The minimum Gasteiger partial charge on any atom is -0.481 e. The molecule has 0 atom stereocenters. The molecule has 1 saturated carbocycles. The fourth-order valence-electron chi connectivity index (χ4n) is 2.44. The lowest BCUT2D eigenvalue weighted by molar-refractivity contribution is -0.143. The average molecular weight is 251 g/mol. The maximum absolute atomic E-state index is 12.7. The van der Waals surface area contributed by atoms with Crippen molar-refractivity contribution in [3.05, 3.63) is 30.1 Å². The van der Waals surface area contributed by atoms with Crippen molar-refractivity contribution in [2.45, 2.75) is 25.7 Å². The van der Waals surface area contributed by atoms with E-state index in [1.165, 1.54) is 12.1 Å². The van der Waals surface area contributed by atoms with Crippen molar-refractivity contribution in [1.82, 2.24) is 0 Å². The van der Waals surface area contributed by atoms with Crippen LogP contribution in [0.3, 0.4) is 0 Å². The molecule has 1 aromatic rings. The molecule has 0 unspecified atom stereocenters. The summed E-state index contributed by atoms with van der Waals surface area (Å²) in [5.74, 6) is -0.541. The standard InChI is InChI=1S/C14H18FNO2/c15-12-5-7-13(8-6-12)16-9-10-1-3-11(4-2-10)14(17)18/h5-8,10-11,16H,1-4,9H2,(H,17,18). The smallest absolute Gasteiger partial charge is 0.306 e. The van der Waals surface area contributed by atoms with Gasteiger partial charge in [-0.3, -0.25) is 4.79 Å². The van der Waals surface area contributed by atoms with E-state index in [4.69, 9.17) is 5.11 Å². The summed E-state index contributed by atoms with van der Waals surface area (Å²) < 4.78 is 12.7. The van der Waals surface area contributed by atoms with Crippen molar-refractivity contribution in [3.8, 4) is 0 Å². The molecule has 18 heavy (non-hydrogen) atoms. The summed E-state index contributed by atoms with van der Waals surface area (Å²) >= 11 is 0. The molecule has 1 aliphatic rings. The zero-order valence-electron chi connectivity index (χ0n) is 10.2. The highest BCUT2D eigenvalue weighted by Crippen LogP contribution is 2.29. The van der Waals surface area contributed by atoms with Crippen LogP contribution in [0.4, 0.5) is 10.1 Å². The van der Waals surface area contributed by atoms with Crippen molar-refractivity contribution < 1.29 is 14.3 Å². The molecule has 98 valence electrons. The molecule has 0 spiro atoms. The molecule has 0 radical (unpaired) electrons. The fraction of sp³-hybridized carbons (Fsp3) is 0.500. The third-order valence-electron chi connectivity index (χ3n) is 3.64. The Bertz CT molecular complexity index is 397. The number of aliphatic carboxylic acids is 1. The minimum absolute atomic E-state index is 0.160. The number of carbonyl (C=O) groups is 1. The van der Waals surface area contributed by atoms with Crippen LogP contribution in [-0.2, 0) is 4.79 Å². The highest BCUT2D eigenvalue weighted by atomic mass is 19.1. The van der Waals surface area contributed by atoms with Crippen molar-refractivity contribution in [3.63, 3.8) is 0 Å². The summed E-state index contributed by atoms with van der Waals surface area (Å²) in [4.78, 5) is 10.8. The Morgan fingerprint density at radius 3 is 2.39 bits per heavy atom. The first-order valence-corrected chi connectivity index (χ1v) is 6.37. The van der Waals surface area contributed by atoms with Gasteiger partial charge in [0.2, 0.25) is 0 Å². The third-order valence-corrected chi connectivity index (χ3v) is 3.64. The normalized spacial score (nSPS) is 23.6. The lowest BCUT2D eigenvalue weighted by Gasteiger charge is -2.26. The Hall–Kier alpha value is -1.58. The number of nitrogens with one attached hydrogen (secondary N) is 1. The van der Waals surface area contributed by atoms with Gasteiger partial charge in [-0.2, -0.15) is 0 Å². The molecule has 1 aromatic carbocycles. The van der Waals surface area contributed by atoms with Gasteiger partial charge < -0.3 is 10.4 Å². The van der Waals surface area contributed by atoms with Crippen LogP contribution in [0.1, 0.15) is 25.7 Å². The van der Waals surface area contributed by atoms with Crippen LogP contribution in [0.2, 0.25) is 0 Å². The van der Waals surface area contributed by atoms with Gasteiger partial charge in [-0.15, -0.1) is 0 Å². The van der Waals surface area contributed by atoms with Crippen LogP contribution in [0.15, 0.2) is 24.3 Å². The number of benzene rings is 1. The molecule has 0 bridgehead atoms. The fourth-order valence-corrected chi connectivity index (χ4v) is 2.44. The lowest BCUT2D eigenvalue weighted by Crippen LogP contribution is -2.25. The van der Waals surface area contributed by atoms with Gasteiger partial charge in [-0.1, -0.05) is 0 Å². The molecular formula is C14H18FNO2. The van der Waals surface area contributed by atoms with Gasteiger partial charge in [0.05, 0.1) is 5.92 Å². The third kappa shape index (κ3) is 3.45. The molecule has 0 heterocycles. The van der Waals surface area contributed by atoms with E-state index in [9.17, 15) is 9.18 Å². The van der Waals surface area contributed by atoms with E-state index in [0.717, 1.165) is 37.9 Å². The highest BCUT2D eigenvalue weighted by Gasteiger charge is 2.25. The Morgan fingerprint density at radius 2 is 1.83 bits per heavy atom. The quantitative estimate of drug-likeness (QED) is 0.864. The first-order valence-electron chi connectivity index (χ1n) is 6.37. The Labute approximate surface area is 106 Å². The van der Waals surface area contributed by atoms with E-state index in [0.29, 0.717) is 5.92 Å². The number of halogens is 1. The van der Waals surface area contributed by atoms with E-state index < -0.39 is 5.97 Å². The van der Waals surface area contributed by atoms with E-state index in [1.54, 1.807) is 12.1 Å². The van der Waals surface area contributed by atoms with Gasteiger partial charge in [0.1, 0.15) is 5.82 Å². The van der Waals surface area contributed by atoms with E-state index in [1.807, 2.05) is 0 Å². The van der Waals surface area contributed by atoms with Crippen LogP contribution in [0.5, 0.6) is 0 Å². The molecule has 0 saturated heterocycles. The number of hydrogen-bond donors (Lipinski definition) is 2. The number of carboxylic acid groups (broad SMARTS) is 1. The summed E-state index contributed by atoms with van der Waals surface area (Å²) in [5.41, 5.74) is 0.914. The van der Waals surface area contributed by atoms with Crippen LogP contribution in [-0.4, -0.2) is 17.6 Å². The molecule has 1 aliphatic carbocycles. The zero-order chi connectivity index (χ0) is 13.0. The van der Waals surface area contributed by atoms with Gasteiger partial charge in [-0.05, 0) is 55.9 Å². The molecule has 4 heteroatoms. The van der Waals surface area contributed by atoms with Gasteiger partial charge in [-0.25, -0.2) is 4.39 Å². The summed E-state index contributed by atoms with van der Waals surface area (Å²) in [6.45, 7) is 0.831. The molecule has 0 aromatic heterocycles. The molecule has 0 aliphatic heterocycles. The second-order valence-electron chi connectivity index (χ2n) is 4.94. The predicted octanol–water partition coefficient (Wildman–Crippen LogP) is 3.13. The SMILES string of the molecule is O=C(O)C1CCC(CNc2ccc(F)cc2)CC1. The number of hydrogen-bond acceptors (Lipinski definition) is 2. The van der Waals surface area contributed by atoms with Crippen molar-refractivity contribution >= 4 is 11.7 Å². The topological polar surface area (TPSA) is 49.3 Å². The number of carboxylic acids is 1. The minimum atomic E-state index is -0.667. The maximum Gasteiger partial charge on any atom is 0.306 e. The van der Waals surface area contributed by atoms with E-state index >= 15 is 0 Å².